The number of carbonyl (C=O) groups is 1. The van der Waals surface area contributed by atoms with Gasteiger partial charge >= 0.3 is 5.97 Å². The van der Waals surface area contributed by atoms with Crippen molar-refractivity contribution < 1.29 is 9.90 Å². The average Bonchev–Trinajstić information content (AvgIpc) is 2.71. The number of thiazole rings is 1. The lowest BCUT2D eigenvalue weighted by molar-refractivity contribution is 0.0690. The Bertz CT molecular complexity index is 406. The molecule has 0 radical (unpaired) electrons. The standard InChI is InChI=1S/C11H16N2O2S/c1-6-4-13(5-7(6)2)11-12-9(10(14)15)8(3)16-11/h6-7H,4-5H2,1-3H3,(H,14,15). The van der Waals surface area contributed by atoms with E-state index in [1.165, 1.54) is 11.3 Å². The van der Waals surface area contributed by atoms with Crippen molar-refractivity contribution in [2.24, 2.45) is 11.8 Å². The summed E-state index contributed by atoms with van der Waals surface area (Å²) in [6, 6.07) is 0. The number of carboxylic acids is 1. The molecular weight excluding hydrogens is 224 g/mol. The first-order valence-corrected chi connectivity index (χ1v) is 6.26. The van der Waals surface area contributed by atoms with Crippen LogP contribution in [0.4, 0.5) is 5.13 Å². The largest absolute Gasteiger partial charge is 0.476 e. The lowest BCUT2D eigenvalue weighted by atomic mass is 10.0. The molecule has 1 aliphatic heterocycles. The number of nitrogens with zero attached hydrogens (tertiary/aromatic N) is 2. The van der Waals surface area contributed by atoms with Crippen LogP contribution >= 0.6 is 11.3 Å². The summed E-state index contributed by atoms with van der Waals surface area (Å²) in [7, 11) is 0. The maximum atomic E-state index is 10.9. The predicted octanol–water partition coefficient (Wildman–Crippen LogP) is 2.24. The van der Waals surface area contributed by atoms with Gasteiger partial charge in [-0.3, -0.25) is 0 Å². The third-order valence-electron chi connectivity index (χ3n) is 3.25. The summed E-state index contributed by atoms with van der Waals surface area (Å²) < 4.78 is 0. The minimum absolute atomic E-state index is 0.201. The highest BCUT2D eigenvalue weighted by atomic mass is 32.1. The molecule has 0 saturated carbocycles. The Kier molecular flexibility index (Phi) is 2.88. The van der Waals surface area contributed by atoms with Crippen LogP contribution in [0.3, 0.4) is 0 Å². The molecule has 2 rings (SSSR count). The maximum absolute atomic E-state index is 10.9. The van der Waals surface area contributed by atoms with Crippen LogP contribution < -0.4 is 4.90 Å². The third kappa shape index (κ3) is 1.91. The molecular formula is C11H16N2O2S. The summed E-state index contributed by atoms with van der Waals surface area (Å²) >= 11 is 1.48. The van der Waals surface area contributed by atoms with Crippen LogP contribution in [0.15, 0.2) is 0 Å². The topological polar surface area (TPSA) is 53.4 Å². The molecule has 0 spiro atoms. The lowest BCUT2D eigenvalue weighted by Crippen LogP contribution is -2.19. The number of carboxylic acid groups (broad SMARTS) is 1. The van der Waals surface area contributed by atoms with E-state index in [0.29, 0.717) is 11.8 Å². The zero-order valence-electron chi connectivity index (χ0n) is 9.73. The Labute approximate surface area is 98.9 Å². The first-order valence-electron chi connectivity index (χ1n) is 5.44. The quantitative estimate of drug-likeness (QED) is 0.861. The van der Waals surface area contributed by atoms with Crippen molar-refractivity contribution in [2.75, 3.05) is 18.0 Å². The number of aromatic carboxylic acids is 1. The van der Waals surface area contributed by atoms with Crippen LogP contribution in [0.25, 0.3) is 0 Å². The Morgan fingerprint density at radius 1 is 1.44 bits per heavy atom. The summed E-state index contributed by atoms with van der Waals surface area (Å²) in [5.74, 6) is 0.371. The van der Waals surface area contributed by atoms with E-state index in [-0.39, 0.29) is 5.69 Å². The van der Waals surface area contributed by atoms with E-state index in [4.69, 9.17) is 5.11 Å². The van der Waals surface area contributed by atoms with E-state index in [1.807, 2.05) is 6.92 Å². The minimum Gasteiger partial charge on any atom is -0.476 e. The zero-order valence-corrected chi connectivity index (χ0v) is 10.5. The van der Waals surface area contributed by atoms with Gasteiger partial charge in [0.2, 0.25) is 0 Å². The van der Waals surface area contributed by atoms with Gasteiger partial charge in [-0.25, -0.2) is 9.78 Å². The Hall–Kier alpha value is -1.10. The van der Waals surface area contributed by atoms with Gasteiger partial charge in [-0.2, -0.15) is 0 Å². The van der Waals surface area contributed by atoms with Gasteiger partial charge in [0.25, 0.3) is 0 Å². The number of hydrogen-bond acceptors (Lipinski definition) is 4. The minimum atomic E-state index is -0.930. The molecule has 1 saturated heterocycles. The van der Waals surface area contributed by atoms with Gasteiger partial charge < -0.3 is 10.0 Å². The van der Waals surface area contributed by atoms with Crippen LogP contribution in [0.2, 0.25) is 0 Å². The van der Waals surface area contributed by atoms with E-state index in [9.17, 15) is 4.79 Å². The van der Waals surface area contributed by atoms with Crippen LogP contribution in [0, 0.1) is 18.8 Å². The van der Waals surface area contributed by atoms with Crippen LogP contribution in [0.5, 0.6) is 0 Å². The molecule has 2 atom stereocenters. The summed E-state index contributed by atoms with van der Waals surface area (Å²) in [6.07, 6.45) is 0. The van der Waals surface area contributed by atoms with Crippen molar-refractivity contribution in [1.29, 1.82) is 0 Å². The molecule has 1 fully saturated rings. The summed E-state index contributed by atoms with van der Waals surface area (Å²) in [5, 5.41) is 9.80. The number of hydrogen-bond donors (Lipinski definition) is 1. The van der Waals surface area contributed by atoms with E-state index in [0.717, 1.165) is 23.1 Å². The highest BCUT2D eigenvalue weighted by Gasteiger charge is 2.29. The Morgan fingerprint density at radius 3 is 2.44 bits per heavy atom. The summed E-state index contributed by atoms with van der Waals surface area (Å²) in [4.78, 5) is 18.1. The smallest absolute Gasteiger partial charge is 0.355 e. The van der Waals surface area contributed by atoms with E-state index >= 15 is 0 Å². The summed E-state index contributed by atoms with van der Waals surface area (Å²) in [5.41, 5.74) is 0.201. The van der Waals surface area contributed by atoms with Crippen molar-refractivity contribution in [3.63, 3.8) is 0 Å². The summed E-state index contributed by atoms with van der Waals surface area (Å²) in [6.45, 7) is 8.22. The van der Waals surface area contributed by atoms with E-state index < -0.39 is 5.97 Å². The molecule has 1 aromatic rings. The van der Waals surface area contributed by atoms with Gasteiger partial charge in [-0.05, 0) is 18.8 Å². The SMILES string of the molecule is Cc1sc(N2CC(C)C(C)C2)nc1C(=O)O. The van der Waals surface area contributed by atoms with Gasteiger partial charge in [-0.1, -0.05) is 13.8 Å². The van der Waals surface area contributed by atoms with Crippen LogP contribution in [-0.2, 0) is 0 Å². The number of rotatable bonds is 2. The van der Waals surface area contributed by atoms with Crippen molar-refractivity contribution >= 4 is 22.4 Å². The van der Waals surface area contributed by atoms with Gasteiger partial charge in [0.15, 0.2) is 10.8 Å². The molecule has 2 heterocycles. The van der Waals surface area contributed by atoms with Crippen molar-refractivity contribution in [1.82, 2.24) is 4.98 Å². The van der Waals surface area contributed by atoms with E-state index in [2.05, 4.69) is 23.7 Å². The highest BCUT2D eigenvalue weighted by molar-refractivity contribution is 7.15. The average molecular weight is 240 g/mol. The fourth-order valence-electron chi connectivity index (χ4n) is 2.00. The molecule has 88 valence electrons. The monoisotopic (exact) mass is 240 g/mol. The second kappa shape index (κ2) is 4.05. The molecule has 16 heavy (non-hydrogen) atoms. The molecule has 0 aliphatic carbocycles. The normalized spacial score (nSPS) is 25.1. The van der Waals surface area contributed by atoms with Crippen molar-refractivity contribution in [3.8, 4) is 0 Å². The first kappa shape index (κ1) is 11.4. The molecule has 0 amide bonds. The molecule has 0 bridgehead atoms. The van der Waals surface area contributed by atoms with Gasteiger partial charge in [0, 0.05) is 18.0 Å². The molecule has 0 aromatic carbocycles. The Balaban J connectivity index is 2.22. The fraction of sp³-hybridized carbons (Fsp3) is 0.636. The van der Waals surface area contributed by atoms with E-state index in [1.54, 1.807) is 0 Å². The van der Waals surface area contributed by atoms with Gasteiger partial charge in [0.1, 0.15) is 0 Å². The second-order valence-electron chi connectivity index (χ2n) is 4.57. The third-order valence-corrected chi connectivity index (χ3v) is 4.28. The molecule has 2 unspecified atom stereocenters. The molecule has 1 aromatic heterocycles. The second-order valence-corrected chi connectivity index (χ2v) is 5.75. The maximum Gasteiger partial charge on any atom is 0.355 e. The van der Waals surface area contributed by atoms with Gasteiger partial charge in [-0.15, -0.1) is 11.3 Å². The van der Waals surface area contributed by atoms with Gasteiger partial charge in [0.05, 0.1) is 0 Å². The number of aromatic nitrogens is 1. The molecule has 5 heteroatoms. The molecule has 4 nitrogen and oxygen atoms in total. The van der Waals surface area contributed by atoms with Crippen molar-refractivity contribution in [3.05, 3.63) is 10.6 Å². The predicted molar refractivity (Wildman–Crippen MR) is 64.4 cm³/mol. The lowest BCUT2D eigenvalue weighted by Gasteiger charge is -2.13. The number of aryl methyl sites for hydroxylation is 1. The Morgan fingerprint density at radius 2 is 2.00 bits per heavy atom. The first-order chi connectivity index (χ1) is 7.49. The van der Waals surface area contributed by atoms with Crippen LogP contribution in [-0.4, -0.2) is 29.1 Å². The molecule has 1 N–H and O–H groups in total. The highest BCUT2D eigenvalue weighted by Crippen LogP contribution is 2.32. The van der Waals surface area contributed by atoms with Crippen molar-refractivity contribution in [2.45, 2.75) is 20.8 Å². The molecule has 1 aliphatic rings. The number of anilines is 1. The fourth-order valence-corrected chi connectivity index (χ4v) is 2.92. The zero-order chi connectivity index (χ0) is 11.9. The van der Waals surface area contributed by atoms with Crippen LogP contribution in [0.1, 0.15) is 29.2 Å².